The Labute approximate surface area is 165 Å². The zero-order valence-corrected chi connectivity index (χ0v) is 16.8. The molecule has 7 heteroatoms. The molecule has 0 fully saturated rings. The molecule has 0 aliphatic heterocycles. The molecule has 0 aliphatic carbocycles. The highest BCUT2D eigenvalue weighted by Crippen LogP contribution is 2.30. The van der Waals surface area contributed by atoms with Crippen molar-refractivity contribution in [1.29, 1.82) is 0 Å². The molecule has 1 unspecified atom stereocenters. The summed E-state index contributed by atoms with van der Waals surface area (Å²) >= 11 is 0. The molecule has 152 valence electrons. The monoisotopic (exact) mass is 389 g/mol. The van der Waals surface area contributed by atoms with Gasteiger partial charge in [0, 0.05) is 25.4 Å². The molecule has 0 heterocycles. The summed E-state index contributed by atoms with van der Waals surface area (Å²) in [4.78, 5) is 4.60. The Morgan fingerprint density at radius 3 is 2.43 bits per heavy atom. The minimum atomic E-state index is -0.276. The molecule has 0 saturated heterocycles. The van der Waals surface area contributed by atoms with E-state index in [1.807, 2.05) is 32.0 Å². The number of nitrogens with one attached hydrogen (secondary N) is 2. The highest BCUT2D eigenvalue weighted by Gasteiger charge is 2.11. The highest BCUT2D eigenvalue weighted by molar-refractivity contribution is 5.93. The molecular formula is C21H28FN3O3. The van der Waals surface area contributed by atoms with Crippen LogP contribution in [-0.2, 0) is 4.74 Å². The summed E-state index contributed by atoms with van der Waals surface area (Å²) in [5.41, 5.74) is 1.68. The van der Waals surface area contributed by atoms with Crippen molar-refractivity contribution in [3.8, 4) is 11.5 Å². The first-order chi connectivity index (χ1) is 13.6. The van der Waals surface area contributed by atoms with E-state index in [0.717, 1.165) is 11.3 Å². The van der Waals surface area contributed by atoms with Crippen molar-refractivity contribution in [2.75, 3.05) is 39.2 Å². The van der Waals surface area contributed by atoms with Crippen LogP contribution in [0.15, 0.2) is 47.5 Å². The van der Waals surface area contributed by atoms with Crippen molar-refractivity contribution in [3.63, 3.8) is 0 Å². The number of hydrogen-bond acceptors (Lipinski definition) is 4. The third-order valence-corrected chi connectivity index (χ3v) is 4.01. The molecule has 1 atom stereocenters. The molecule has 0 aromatic heterocycles. The zero-order valence-electron chi connectivity index (χ0n) is 16.8. The van der Waals surface area contributed by atoms with E-state index in [2.05, 4.69) is 15.6 Å². The van der Waals surface area contributed by atoms with Gasteiger partial charge in [0.05, 0.1) is 20.3 Å². The summed E-state index contributed by atoms with van der Waals surface area (Å²) in [7, 11) is 3.22. The fourth-order valence-electron chi connectivity index (χ4n) is 2.63. The second kappa shape index (κ2) is 11.1. The number of methoxy groups -OCH3 is 2. The van der Waals surface area contributed by atoms with E-state index in [-0.39, 0.29) is 11.9 Å². The first kappa shape index (κ1) is 21.5. The van der Waals surface area contributed by atoms with E-state index in [1.54, 1.807) is 26.4 Å². The van der Waals surface area contributed by atoms with Gasteiger partial charge >= 0.3 is 0 Å². The molecule has 2 aromatic carbocycles. The van der Waals surface area contributed by atoms with Gasteiger partial charge in [0.25, 0.3) is 0 Å². The third kappa shape index (κ3) is 6.13. The number of hydrogen-bond donors (Lipinski definition) is 2. The lowest BCUT2D eigenvalue weighted by molar-refractivity contribution is 0.111. The lowest BCUT2D eigenvalue weighted by atomic mass is 10.1. The van der Waals surface area contributed by atoms with E-state index in [0.29, 0.717) is 37.2 Å². The zero-order chi connectivity index (χ0) is 20.4. The first-order valence-electron chi connectivity index (χ1n) is 9.25. The summed E-state index contributed by atoms with van der Waals surface area (Å²) in [5, 5.41) is 6.45. The van der Waals surface area contributed by atoms with Crippen LogP contribution in [-0.4, -0.2) is 39.9 Å². The van der Waals surface area contributed by atoms with Crippen LogP contribution in [0.3, 0.4) is 0 Å². The largest absolute Gasteiger partial charge is 0.493 e. The highest BCUT2D eigenvalue weighted by atomic mass is 19.1. The maximum atomic E-state index is 13.1. The summed E-state index contributed by atoms with van der Waals surface area (Å²) in [5.74, 6) is 1.66. The van der Waals surface area contributed by atoms with Crippen LogP contribution >= 0.6 is 0 Å². The van der Waals surface area contributed by atoms with E-state index in [9.17, 15) is 4.39 Å². The van der Waals surface area contributed by atoms with Crippen LogP contribution in [0.2, 0.25) is 0 Å². The molecule has 0 spiro atoms. The number of anilines is 1. The van der Waals surface area contributed by atoms with Gasteiger partial charge in [0.15, 0.2) is 17.5 Å². The second-order valence-corrected chi connectivity index (χ2v) is 5.92. The average molecular weight is 389 g/mol. The molecule has 2 rings (SSSR count). The van der Waals surface area contributed by atoms with Crippen LogP contribution < -0.4 is 20.1 Å². The number of rotatable bonds is 9. The predicted octanol–water partition coefficient (Wildman–Crippen LogP) is 4.00. The lowest BCUT2D eigenvalue weighted by Gasteiger charge is -2.17. The first-order valence-corrected chi connectivity index (χ1v) is 9.25. The number of nitrogens with zero attached hydrogens (tertiary/aromatic N) is 1. The van der Waals surface area contributed by atoms with Crippen molar-refractivity contribution >= 4 is 11.6 Å². The molecule has 0 amide bonds. The van der Waals surface area contributed by atoms with Gasteiger partial charge in [-0.15, -0.1) is 0 Å². The topological polar surface area (TPSA) is 64.1 Å². The summed E-state index contributed by atoms with van der Waals surface area (Å²) in [6.07, 6.45) is -0.272. The second-order valence-electron chi connectivity index (χ2n) is 5.92. The van der Waals surface area contributed by atoms with Gasteiger partial charge in [-0.3, -0.25) is 0 Å². The van der Waals surface area contributed by atoms with Gasteiger partial charge < -0.3 is 24.8 Å². The van der Waals surface area contributed by atoms with Crippen LogP contribution in [0.5, 0.6) is 11.5 Å². The molecule has 0 radical (unpaired) electrons. The Balaban J connectivity index is 2.14. The molecule has 0 saturated carbocycles. The number of benzene rings is 2. The third-order valence-electron chi connectivity index (χ3n) is 4.01. The standard InChI is InChI=1S/C21H28FN3O3/c1-5-23-21(24-14-20(27-4)15-7-9-16(22)10-8-15)25-17-11-12-18(28-6-2)19(13-17)26-3/h7-13,20H,5-6,14H2,1-4H3,(H2,23,24,25). The van der Waals surface area contributed by atoms with Crippen LogP contribution in [0.25, 0.3) is 0 Å². The maximum Gasteiger partial charge on any atom is 0.195 e. The lowest BCUT2D eigenvalue weighted by Crippen LogP contribution is -2.31. The van der Waals surface area contributed by atoms with E-state index in [4.69, 9.17) is 14.2 Å². The number of ether oxygens (including phenoxy) is 3. The van der Waals surface area contributed by atoms with Crippen molar-refractivity contribution in [2.45, 2.75) is 20.0 Å². The fourth-order valence-corrected chi connectivity index (χ4v) is 2.63. The van der Waals surface area contributed by atoms with Crippen molar-refractivity contribution in [3.05, 3.63) is 53.8 Å². The van der Waals surface area contributed by atoms with Crippen molar-refractivity contribution < 1.29 is 18.6 Å². The molecule has 0 bridgehead atoms. The summed E-state index contributed by atoms with van der Waals surface area (Å²) in [6.45, 7) is 5.56. The fraction of sp³-hybridized carbons (Fsp3) is 0.381. The molecule has 2 N–H and O–H groups in total. The Morgan fingerprint density at radius 1 is 1.07 bits per heavy atom. The number of aliphatic imine (C=N–C) groups is 1. The number of halogens is 1. The van der Waals surface area contributed by atoms with Crippen LogP contribution in [0, 0.1) is 5.82 Å². The van der Waals surface area contributed by atoms with E-state index < -0.39 is 0 Å². The van der Waals surface area contributed by atoms with E-state index >= 15 is 0 Å². The quantitative estimate of drug-likeness (QED) is 0.501. The SMILES string of the molecule is CCNC(=NCC(OC)c1ccc(F)cc1)Nc1ccc(OCC)c(OC)c1. The molecular weight excluding hydrogens is 361 g/mol. The Hall–Kier alpha value is -2.80. The van der Waals surface area contributed by atoms with Gasteiger partial charge in [-0.25, -0.2) is 9.38 Å². The molecule has 0 aliphatic rings. The Bertz CT molecular complexity index is 766. The van der Waals surface area contributed by atoms with Gasteiger partial charge in [-0.2, -0.15) is 0 Å². The van der Waals surface area contributed by atoms with Gasteiger partial charge in [0.1, 0.15) is 11.9 Å². The smallest absolute Gasteiger partial charge is 0.195 e. The molecule has 28 heavy (non-hydrogen) atoms. The van der Waals surface area contributed by atoms with Gasteiger partial charge in [-0.1, -0.05) is 12.1 Å². The summed E-state index contributed by atoms with van der Waals surface area (Å²) in [6, 6.07) is 11.8. The van der Waals surface area contributed by atoms with Gasteiger partial charge in [-0.05, 0) is 43.7 Å². The van der Waals surface area contributed by atoms with Crippen molar-refractivity contribution in [2.24, 2.45) is 4.99 Å². The number of guanidine groups is 1. The van der Waals surface area contributed by atoms with Crippen LogP contribution in [0.4, 0.5) is 10.1 Å². The summed E-state index contributed by atoms with van der Waals surface area (Å²) < 4.78 is 29.6. The molecule has 2 aromatic rings. The normalized spacial score (nSPS) is 12.4. The van der Waals surface area contributed by atoms with Crippen LogP contribution in [0.1, 0.15) is 25.5 Å². The average Bonchev–Trinajstić information content (AvgIpc) is 2.71. The van der Waals surface area contributed by atoms with Crippen molar-refractivity contribution in [1.82, 2.24) is 5.32 Å². The van der Waals surface area contributed by atoms with E-state index in [1.165, 1.54) is 12.1 Å². The minimum Gasteiger partial charge on any atom is -0.493 e. The Morgan fingerprint density at radius 2 is 1.82 bits per heavy atom. The van der Waals surface area contributed by atoms with Gasteiger partial charge in [0.2, 0.25) is 0 Å². The predicted molar refractivity (Wildman–Crippen MR) is 110 cm³/mol. The Kier molecular flexibility index (Phi) is 8.55. The minimum absolute atomic E-state index is 0.272. The maximum absolute atomic E-state index is 13.1. The molecule has 6 nitrogen and oxygen atoms in total.